The smallest absolute Gasteiger partial charge is 0.329 e. The minimum atomic E-state index is -0.740. The van der Waals surface area contributed by atoms with Gasteiger partial charge >= 0.3 is 5.97 Å². The van der Waals surface area contributed by atoms with Gasteiger partial charge in [-0.05, 0) is 43.0 Å². The van der Waals surface area contributed by atoms with Crippen LogP contribution in [0.2, 0.25) is 0 Å². The van der Waals surface area contributed by atoms with Gasteiger partial charge in [0.1, 0.15) is 18.4 Å². The van der Waals surface area contributed by atoms with Crippen molar-refractivity contribution in [1.29, 1.82) is 0 Å². The molecule has 0 saturated heterocycles. The zero-order valence-electron chi connectivity index (χ0n) is 16.3. The molecule has 0 spiro atoms. The Hall–Kier alpha value is -2.82. The van der Waals surface area contributed by atoms with Crippen molar-refractivity contribution in [2.75, 3.05) is 6.61 Å². The van der Waals surface area contributed by atoms with Crippen molar-refractivity contribution < 1.29 is 19.1 Å². The van der Waals surface area contributed by atoms with Crippen LogP contribution in [0.3, 0.4) is 0 Å². The van der Waals surface area contributed by atoms with Crippen LogP contribution in [0.4, 0.5) is 0 Å². The van der Waals surface area contributed by atoms with Crippen LogP contribution in [-0.4, -0.2) is 24.5 Å². The summed E-state index contributed by atoms with van der Waals surface area (Å²) < 4.78 is 11.0. The molecule has 0 aliphatic carbocycles. The van der Waals surface area contributed by atoms with E-state index in [1.807, 2.05) is 52.0 Å². The van der Waals surface area contributed by atoms with Crippen LogP contribution in [0.1, 0.15) is 42.3 Å². The van der Waals surface area contributed by atoms with E-state index in [-0.39, 0.29) is 18.4 Å². The first-order valence-corrected chi connectivity index (χ1v) is 9.17. The lowest BCUT2D eigenvalue weighted by Crippen LogP contribution is -2.45. The van der Waals surface area contributed by atoms with E-state index < -0.39 is 12.0 Å². The third-order valence-corrected chi connectivity index (χ3v) is 4.27. The second-order valence-electron chi connectivity index (χ2n) is 6.66. The van der Waals surface area contributed by atoms with E-state index in [0.29, 0.717) is 17.9 Å². The Morgan fingerprint density at radius 2 is 1.70 bits per heavy atom. The van der Waals surface area contributed by atoms with Gasteiger partial charge in [0.05, 0.1) is 12.2 Å². The van der Waals surface area contributed by atoms with Gasteiger partial charge in [-0.1, -0.05) is 50.2 Å². The van der Waals surface area contributed by atoms with Crippen LogP contribution in [0.25, 0.3) is 0 Å². The number of hydrogen-bond donors (Lipinski definition) is 1. The topological polar surface area (TPSA) is 64.6 Å². The molecule has 2 rings (SSSR count). The fourth-order valence-corrected chi connectivity index (χ4v) is 2.66. The molecule has 0 aromatic heterocycles. The number of aryl methyl sites for hydroxylation is 1. The summed E-state index contributed by atoms with van der Waals surface area (Å²) in [4.78, 5) is 25.3. The Kier molecular flexibility index (Phi) is 7.41. The summed E-state index contributed by atoms with van der Waals surface area (Å²) in [5.74, 6) is -0.424. The predicted octanol–water partition coefficient (Wildman–Crippen LogP) is 3.89. The molecule has 2 aromatic rings. The van der Waals surface area contributed by atoms with Gasteiger partial charge in [-0.15, -0.1) is 0 Å². The molecule has 0 fully saturated rings. The molecule has 5 nitrogen and oxygen atoms in total. The van der Waals surface area contributed by atoms with E-state index in [1.54, 1.807) is 24.3 Å². The lowest BCUT2D eigenvalue weighted by atomic mass is 10.0. The highest BCUT2D eigenvalue weighted by Gasteiger charge is 2.27. The van der Waals surface area contributed by atoms with Crippen molar-refractivity contribution in [3.63, 3.8) is 0 Å². The van der Waals surface area contributed by atoms with Crippen LogP contribution in [0.15, 0.2) is 48.5 Å². The van der Waals surface area contributed by atoms with Gasteiger partial charge in [-0.2, -0.15) is 0 Å². The van der Waals surface area contributed by atoms with E-state index in [0.717, 1.165) is 11.1 Å². The molecule has 0 unspecified atom stereocenters. The number of hydrogen-bond acceptors (Lipinski definition) is 4. The molecule has 27 heavy (non-hydrogen) atoms. The van der Waals surface area contributed by atoms with Crippen LogP contribution >= 0.6 is 0 Å². The van der Waals surface area contributed by atoms with Gasteiger partial charge in [-0.3, -0.25) is 4.79 Å². The van der Waals surface area contributed by atoms with E-state index in [2.05, 4.69) is 5.32 Å². The summed E-state index contributed by atoms with van der Waals surface area (Å²) >= 11 is 0. The number of carbonyl (C=O) groups is 2. The fourth-order valence-electron chi connectivity index (χ4n) is 2.66. The molecule has 0 radical (unpaired) electrons. The Morgan fingerprint density at radius 3 is 2.37 bits per heavy atom. The summed E-state index contributed by atoms with van der Waals surface area (Å²) in [6.07, 6.45) is 0. The maximum absolute atomic E-state index is 12.7. The first-order valence-electron chi connectivity index (χ1n) is 9.17. The lowest BCUT2D eigenvalue weighted by Gasteiger charge is -2.21. The molecule has 1 N–H and O–H groups in total. The number of amides is 1. The summed E-state index contributed by atoms with van der Waals surface area (Å²) in [5.41, 5.74) is 2.40. The highest BCUT2D eigenvalue weighted by molar-refractivity contribution is 5.99. The molecule has 0 aliphatic heterocycles. The van der Waals surface area contributed by atoms with Crippen molar-refractivity contribution in [2.24, 2.45) is 5.92 Å². The summed E-state index contributed by atoms with van der Waals surface area (Å²) in [5, 5.41) is 2.79. The van der Waals surface area contributed by atoms with Crippen LogP contribution in [0.5, 0.6) is 5.75 Å². The standard InChI is InChI=1S/C22H27NO4/c1-5-26-19-13-9-8-12-18(19)21(24)23-20(15(2)3)22(25)27-14-17-11-7-6-10-16(17)4/h6-13,15,20H,5,14H2,1-4H3,(H,23,24)/t20-/m1/s1. The Balaban J connectivity index is 2.07. The first kappa shape index (κ1) is 20.5. The monoisotopic (exact) mass is 369 g/mol. The number of rotatable bonds is 8. The first-order chi connectivity index (χ1) is 12.9. The maximum Gasteiger partial charge on any atom is 0.329 e. The van der Waals surface area contributed by atoms with Crippen molar-refractivity contribution in [3.05, 3.63) is 65.2 Å². The summed E-state index contributed by atoms with van der Waals surface area (Å²) in [6.45, 7) is 8.20. The number of benzene rings is 2. The van der Waals surface area contributed by atoms with Crippen molar-refractivity contribution in [1.82, 2.24) is 5.32 Å². The second-order valence-corrected chi connectivity index (χ2v) is 6.66. The van der Waals surface area contributed by atoms with E-state index in [1.165, 1.54) is 0 Å². The molecule has 144 valence electrons. The Labute approximate surface area is 160 Å². The van der Waals surface area contributed by atoms with Gasteiger partial charge in [0.15, 0.2) is 0 Å². The van der Waals surface area contributed by atoms with Crippen LogP contribution in [0, 0.1) is 12.8 Å². The van der Waals surface area contributed by atoms with E-state index in [9.17, 15) is 9.59 Å². The SMILES string of the molecule is CCOc1ccccc1C(=O)N[C@@H](C(=O)OCc1ccccc1C)C(C)C. The van der Waals surface area contributed by atoms with Crippen LogP contribution in [-0.2, 0) is 16.1 Å². The molecule has 1 atom stereocenters. The highest BCUT2D eigenvalue weighted by atomic mass is 16.5. The van der Waals surface area contributed by atoms with Gasteiger partial charge in [0, 0.05) is 0 Å². The normalized spacial score (nSPS) is 11.7. The number of nitrogens with one attached hydrogen (secondary N) is 1. The predicted molar refractivity (Wildman–Crippen MR) is 105 cm³/mol. The van der Waals surface area contributed by atoms with Gasteiger partial charge < -0.3 is 14.8 Å². The second kappa shape index (κ2) is 9.76. The zero-order valence-corrected chi connectivity index (χ0v) is 16.3. The molecule has 0 aliphatic rings. The van der Waals surface area contributed by atoms with Crippen LogP contribution < -0.4 is 10.1 Å². The molecule has 5 heteroatoms. The Morgan fingerprint density at radius 1 is 1.04 bits per heavy atom. The Bertz CT molecular complexity index is 785. The third kappa shape index (κ3) is 5.58. The number of para-hydroxylation sites is 1. The fraction of sp³-hybridized carbons (Fsp3) is 0.364. The minimum absolute atomic E-state index is 0.113. The highest BCUT2D eigenvalue weighted by Crippen LogP contribution is 2.19. The number of esters is 1. The molecule has 0 saturated carbocycles. The zero-order chi connectivity index (χ0) is 19.8. The van der Waals surface area contributed by atoms with Gasteiger partial charge in [0.25, 0.3) is 5.91 Å². The molecular formula is C22H27NO4. The molecular weight excluding hydrogens is 342 g/mol. The molecule has 2 aromatic carbocycles. The third-order valence-electron chi connectivity index (χ3n) is 4.27. The maximum atomic E-state index is 12.7. The van der Waals surface area contributed by atoms with E-state index >= 15 is 0 Å². The van der Waals surface area contributed by atoms with Crippen molar-refractivity contribution in [3.8, 4) is 5.75 Å². The number of carbonyl (C=O) groups excluding carboxylic acids is 2. The largest absolute Gasteiger partial charge is 0.493 e. The quantitative estimate of drug-likeness (QED) is 0.717. The summed E-state index contributed by atoms with van der Waals surface area (Å²) in [7, 11) is 0. The molecule has 0 heterocycles. The minimum Gasteiger partial charge on any atom is -0.493 e. The van der Waals surface area contributed by atoms with Gasteiger partial charge in [0.2, 0.25) is 0 Å². The molecule has 1 amide bonds. The number of ether oxygens (including phenoxy) is 2. The lowest BCUT2D eigenvalue weighted by molar-refractivity contribution is -0.148. The average Bonchev–Trinajstić information content (AvgIpc) is 2.65. The average molecular weight is 369 g/mol. The van der Waals surface area contributed by atoms with E-state index in [4.69, 9.17) is 9.47 Å². The van der Waals surface area contributed by atoms with Crippen molar-refractivity contribution in [2.45, 2.75) is 40.3 Å². The summed E-state index contributed by atoms with van der Waals surface area (Å²) in [6, 6.07) is 14.0. The van der Waals surface area contributed by atoms with Crippen molar-refractivity contribution >= 4 is 11.9 Å². The van der Waals surface area contributed by atoms with Gasteiger partial charge in [-0.25, -0.2) is 4.79 Å². The molecule has 0 bridgehead atoms.